The van der Waals surface area contributed by atoms with Crippen LogP contribution in [0.2, 0.25) is 0 Å². The van der Waals surface area contributed by atoms with Crippen molar-refractivity contribution in [1.82, 2.24) is 14.8 Å². The van der Waals surface area contributed by atoms with Crippen LogP contribution in [0.5, 0.6) is 5.75 Å². The quantitative estimate of drug-likeness (QED) is 0.792. The van der Waals surface area contributed by atoms with Crippen molar-refractivity contribution in [3.8, 4) is 5.75 Å². The first-order valence-corrected chi connectivity index (χ1v) is 9.47. The maximum Gasteiger partial charge on any atom is 0.274 e. The van der Waals surface area contributed by atoms with Crippen LogP contribution in [0.15, 0.2) is 23.1 Å². The number of amides is 2. The summed E-state index contributed by atoms with van der Waals surface area (Å²) in [6.45, 7) is 0.221. The topological polar surface area (TPSA) is 91.6 Å². The van der Waals surface area contributed by atoms with Crippen molar-refractivity contribution in [2.24, 2.45) is 0 Å². The Hall–Kier alpha value is -3.30. The van der Waals surface area contributed by atoms with E-state index in [-0.39, 0.29) is 11.7 Å². The molecule has 2 aromatic rings. The third kappa shape index (κ3) is 3.31. The minimum Gasteiger partial charge on any atom is -0.503 e. The molecule has 0 bridgehead atoms. The second-order valence-corrected chi connectivity index (χ2v) is 7.40. The minimum atomic E-state index is -1.18. The van der Waals surface area contributed by atoms with E-state index in [1.54, 1.807) is 4.90 Å². The van der Waals surface area contributed by atoms with Crippen molar-refractivity contribution in [3.05, 3.63) is 62.8 Å². The van der Waals surface area contributed by atoms with Gasteiger partial charge in [-0.1, -0.05) is 0 Å². The first-order chi connectivity index (χ1) is 14.3. The van der Waals surface area contributed by atoms with Gasteiger partial charge in [-0.3, -0.25) is 14.4 Å². The highest BCUT2D eigenvalue weighted by Crippen LogP contribution is 2.28. The average molecular weight is 421 g/mol. The summed E-state index contributed by atoms with van der Waals surface area (Å²) in [7, 11) is 0. The van der Waals surface area contributed by atoms with Crippen LogP contribution in [-0.2, 0) is 13.1 Å². The van der Waals surface area contributed by atoms with Gasteiger partial charge in [-0.25, -0.2) is 13.2 Å². The molecular weight excluding hydrogens is 403 g/mol. The van der Waals surface area contributed by atoms with Gasteiger partial charge in [0.25, 0.3) is 11.8 Å². The Morgan fingerprint density at radius 3 is 2.57 bits per heavy atom. The molecule has 30 heavy (non-hydrogen) atoms. The number of hydrogen-bond acceptors (Lipinski definition) is 4. The van der Waals surface area contributed by atoms with Crippen LogP contribution >= 0.6 is 0 Å². The molecule has 0 saturated carbocycles. The van der Waals surface area contributed by atoms with Crippen molar-refractivity contribution >= 4 is 11.8 Å². The maximum absolute atomic E-state index is 13.8. The number of rotatable bonds is 3. The van der Waals surface area contributed by atoms with Crippen LogP contribution in [0.4, 0.5) is 13.2 Å². The zero-order valence-electron chi connectivity index (χ0n) is 15.8. The molecule has 3 heterocycles. The van der Waals surface area contributed by atoms with Crippen molar-refractivity contribution in [3.63, 3.8) is 0 Å². The van der Waals surface area contributed by atoms with Gasteiger partial charge in [0.2, 0.25) is 5.43 Å². The second-order valence-electron chi connectivity index (χ2n) is 7.40. The number of benzene rings is 1. The molecule has 1 atom stereocenters. The van der Waals surface area contributed by atoms with Gasteiger partial charge < -0.3 is 19.9 Å². The highest BCUT2D eigenvalue weighted by molar-refractivity contribution is 5.99. The number of nitrogens with zero attached hydrogens (tertiary/aromatic N) is 2. The molecule has 2 amide bonds. The van der Waals surface area contributed by atoms with Crippen molar-refractivity contribution in [1.29, 1.82) is 0 Å². The number of piperidine rings is 1. The molecular formula is C20H18F3N3O4. The maximum atomic E-state index is 13.8. The van der Waals surface area contributed by atoms with Gasteiger partial charge in [0, 0.05) is 49.6 Å². The summed E-state index contributed by atoms with van der Waals surface area (Å²) in [5, 5.41) is 12.5. The van der Waals surface area contributed by atoms with Crippen molar-refractivity contribution in [2.45, 2.75) is 38.4 Å². The first kappa shape index (κ1) is 20.0. The van der Waals surface area contributed by atoms with Gasteiger partial charge in [-0.15, -0.1) is 0 Å². The van der Waals surface area contributed by atoms with Crippen LogP contribution in [0.3, 0.4) is 0 Å². The largest absolute Gasteiger partial charge is 0.503 e. The lowest BCUT2D eigenvalue weighted by Gasteiger charge is -2.40. The van der Waals surface area contributed by atoms with E-state index >= 15 is 0 Å². The fourth-order valence-electron chi connectivity index (χ4n) is 4.01. The summed E-state index contributed by atoms with van der Waals surface area (Å²) in [4.78, 5) is 39.3. The monoisotopic (exact) mass is 421 g/mol. The summed E-state index contributed by atoms with van der Waals surface area (Å²) >= 11 is 0. The molecule has 0 aliphatic carbocycles. The highest BCUT2D eigenvalue weighted by Gasteiger charge is 2.37. The number of hydrogen-bond donors (Lipinski definition) is 2. The predicted molar refractivity (Wildman–Crippen MR) is 98.5 cm³/mol. The van der Waals surface area contributed by atoms with Crippen LogP contribution in [0.25, 0.3) is 0 Å². The molecule has 10 heteroatoms. The summed E-state index contributed by atoms with van der Waals surface area (Å²) in [6, 6.07) is 0.858. The Bertz CT molecular complexity index is 1090. The lowest BCUT2D eigenvalue weighted by atomic mass is 9.98. The fraction of sp³-hybridized carbons (Fsp3) is 0.350. The molecule has 0 spiro atoms. The molecule has 1 aromatic carbocycles. The first-order valence-electron chi connectivity index (χ1n) is 9.47. The average Bonchev–Trinajstić information content (AvgIpc) is 2.69. The Morgan fingerprint density at radius 2 is 1.87 bits per heavy atom. The van der Waals surface area contributed by atoms with Gasteiger partial charge in [-0.2, -0.15) is 0 Å². The Kier molecular flexibility index (Phi) is 5.00. The molecule has 1 saturated heterocycles. The van der Waals surface area contributed by atoms with E-state index in [1.807, 2.05) is 0 Å². The van der Waals surface area contributed by atoms with E-state index < -0.39 is 58.1 Å². The van der Waals surface area contributed by atoms with E-state index in [2.05, 4.69) is 5.32 Å². The fourth-order valence-corrected chi connectivity index (χ4v) is 4.01. The number of nitrogens with one attached hydrogen (secondary N) is 1. The summed E-state index contributed by atoms with van der Waals surface area (Å²) in [5.41, 5.74) is -2.26. The predicted octanol–water partition coefficient (Wildman–Crippen LogP) is 1.91. The number of fused-ring (bicyclic) bond motifs is 2. The summed E-state index contributed by atoms with van der Waals surface area (Å²) in [6.07, 6.45) is 3.72. The van der Waals surface area contributed by atoms with Gasteiger partial charge in [0.1, 0.15) is 23.0 Å². The zero-order chi connectivity index (χ0) is 21.6. The van der Waals surface area contributed by atoms with Crippen LogP contribution in [0, 0.1) is 17.5 Å². The van der Waals surface area contributed by atoms with E-state index in [9.17, 15) is 32.7 Å². The van der Waals surface area contributed by atoms with Gasteiger partial charge in [0.15, 0.2) is 11.4 Å². The van der Waals surface area contributed by atoms with E-state index in [0.29, 0.717) is 25.2 Å². The zero-order valence-corrected chi connectivity index (χ0v) is 15.8. The molecule has 1 fully saturated rings. The lowest BCUT2D eigenvalue weighted by Crippen LogP contribution is -2.51. The van der Waals surface area contributed by atoms with Crippen LogP contribution in [-0.4, -0.2) is 39.0 Å². The van der Waals surface area contributed by atoms with Crippen molar-refractivity contribution < 1.29 is 27.9 Å². The molecule has 2 aliphatic rings. The van der Waals surface area contributed by atoms with Crippen molar-refractivity contribution in [2.75, 3.05) is 6.54 Å². The third-order valence-corrected chi connectivity index (χ3v) is 5.53. The van der Waals surface area contributed by atoms with Gasteiger partial charge >= 0.3 is 0 Å². The number of halogens is 3. The molecule has 7 nitrogen and oxygen atoms in total. The number of aromatic nitrogens is 1. The van der Waals surface area contributed by atoms with E-state index in [1.165, 1.54) is 10.8 Å². The lowest BCUT2D eigenvalue weighted by molar-refractivity contribution is 0.0504. The Labute approximate surface area is 168 Å². The smallest absolute Gasteiger partial charge is 0.274 e. The summed E-state index contributed by atoms with van der Waals surface area (Å²) in [5.74, 6) is -5.74. The van der Waals surface area contributed by atoms with E-state index in [4.69, 9.17) is 0 Å². The molecule has 2 aliphatic heterocycles. The Morgan fingerprint density at radius 1 is 1.17 bits per heavy atom. The minimum absolute atomic E-state index is 0.0982. The summed E-state index contributed by atoms with van der Waals surface area (Å²) < 4.78 is 41.9. The normalized spacial score (nSPS) is 18.0. The third-order valence-electron chi connectivity index (χ3n) is 5.53. The molecule has 1 unspecified atom stereocenters. The molecule has 158 valence electrons. The molecule has 4 rings (SSSR count). The molecule has 1 aromatic heterocycles. The number of carbonyl (C=O) groups is 2. The standard InChI is InChI=1S/C20H18F3N3O4/c21-10-5-14(22)12(15(23)6-10)7-24-19(29)13-9-25-8-11-3-1-2-4-26(11)20(30)16(25)18(28)17(13)27/h5-6,9,11,28H,1-4,7-8H2,(H,24,29). The highest BCUT2D eigenvalue weighted by atomic mass is 19.1. The number of carbonyl (C=O) groups excluding carboxylic acids is 2. The number of pyridine rings is 1. The van der Waals surface area contributed by atoms with Crippen LogP contribution in [0.1, 0.15) is 45.7 Å². The van der Waals surface area contributed by atoms with Gasteiger partial charge in [-0.05, 0) is 19.3 Å². The SMILES string of the molecule is O=C(NCc1c(F)cc(F)cc1F)c1cn2c(c(O)c1=O)C(=O)N1CCCCC1C2. The van der Waals surface area contributed by atoms with Gasteiger partial charge in [0.05, 0.1) is 0 Å². The van der Waals surface area contributed by atoms with Crippen LogP contribution < -0.4 is 10.7 Å². The molecule has 0 radical (unpaired) electrons. The van der Waals surface area contributed by atoms with E-state index in [0.717, 1.165) is 19.3 Å². The number of aromatic hydroxyl groups is 1. The Balaban J connectivity index is 1.63. The second kappa shape index (κ2) is 7.51. The molecule has 2 N–H and O–H groups in total.